The maximum Gasteiger partial charge on any atom is 0.0480 e. The van der Waals surface area contributed by atoms with Crippen LogP contribution in [0.1, 0.15) is 69.7 Å². The fraction of sp³-hybridized carbons (Fsp3) is 0.481. The van der Waals surface area contributed by atoms with E-state index in [-0.39, 0.29) is 10.8 Å². The van der Waals surface area contributed by atoms with E-state index in [2.05, 4.69) is 94.9 Å². The first kappa shape index (κ1) is 19.3. The highest BCUT2D eigenvalue weighted by atomic mass is 14.9. The molecular weight excluding hydrogens is 338 g/mol. The van der Waals surface area contributed by atoms with Gasteiger partial charge in [0.15, 0.2) is 0 Å². The zero-order chi connectivity index (χ0) is 20.1. The van der Waals surface area contributed by atoms with E-state index in [1.807, 2.05) is 0 Å². The summed E-state index contributed by atoms with van der Waals surface area (Å²) in [5.41, 5.74) is 7.91. The van der Waals surface area contributed by atoms with Gasteiger partial charge in [0.1, 0.15) is 0 Å². The van der Waals surface area contributed by atoms with E-state index in [1.54, 1.807) is 11.1 Å². The molecule has 0 saturated carbocycles. The van der Waals surface area contributed by atoms with Crippen molar-refractivity contribution in [3.05, 3.63) is 70.9 Å². The highest BCUT2D eigenvalue weighted by Gasteiger charge is 2.30. The van der Waals surface area contributed by atoms with E-state index in [1.165, 1.54) is 47.7 Å². The molecule has 1 aliphatic rings. The molecule has 28 heavy (non-hydrogen) atoms. The second-order valence-electron chi connectivity index (χ2n) is 10.6. The van der Waals surface area contributed by atoms with Crippen LogP contribution in [0, 0.1) is 5.92 Å². The second kappa shape index (κ2) is 6.79. The minimum absolute atomic E-state index is 0.189. The van der Waals surface area contributed by atoms with Gasteiger partial charge >= 0.3 is 0 Å². The van der Waals surface area contributed by atoms with E-state index in [4.69, 9.17) is 0 Å². The van der Waals surface area contributed by atoms with Crippen molar-refractivity contribution >= 4 is 10.9 Å². The Labute approximate surface area is 170 Å². The van der Waals surface area contributed by atoms with Gasteiger partial charge in [-0.2, -0.15) is 0 Å². The molecule has 0 spiro atoms. The molecule has 1 atom stereocenters. The van der Waals surface area contributed by atoms with Crippen LogP contribution in [0.2, 0.25) is 0 Å². The van der Waals surface area contributed by atoms with Crippen LogP contribution in [0.5, 0.6) is 0 Å². The van der Waals surface area contributed by atoms with Gasteiger partial charge in [-0.1, -0.05) is 71.0 Å². The van der Waals surface area contributed by atoms with Crippen LogP contribution in [-0.2, 0) is 30.7 Å². The topological polar surface area (TPSA) is 4.93 Å². The molecule has 0 bridgehead atoms. The lowest BCUT2D eigenvalue weighted by molar-refractivity contribution is 0.331. The molecule has 0 amide bonds. The quantitative estimate of drug-likeness (QED) is 0.468. The van der Waals surface area contributed by atoms with Gasteiger partial charge in [-0.3, -0.25) is 0 Å². The molecule has 1 unspecified atom stereocenters. The third-order valence-electron chi connectivity index (χ3n) is 6.83. The van der Waals surface area contributed by atoms with E-state index in [0.717, 1.165) is 5.92 Å². The molecule has 1 heterocycles. The number of hydrogen-bond acceptors (Lipinski definition) is 0. The largest absolute Gasteiger partial charge is 0.350 e. The lowest BCUT2D eigenvalue weighted by Crippen LogP contribution is -2.25. The van der Waals surface area contributed by atoms with Crippen LogP contribution in [-0.4, -0.2) is 4.57 Å². The number of hydrogen-bond donors (Lipinski definition) is 0. The Morgan fingerprint density at radius 1 is 0.964 bits per heavy atom. The number of para-hydroxylation sites is 1. The number of fused-ring (bicyclic) bond motifs is 2. The average molecular weight is 374 g/mol. The monoisotopic (exact) mass is 373 g/mol. The summed E-state index contributed by atoms with van der Waals surface area (Å²) in [6, 6.07) is 16.1. The molecule has 1 aliphatic carbocycles. The first-order valence-electron chi connectivity index (χ1n) is 10.8. The molecule has 0 radical (unpaired) electrons. The Balaban J connectivity index is 1.56. The first-order valence-corrected chi connectivity index (χ1v) is 10.8. The Hall–Kier alpha value is -2.02. The standard InChI is InChI=1S/C27H35N/c1-26(2,3)22-14-13-20-15-19(11-12-21(20)16-22)17-27(4,5)24-18-28(6)25-10-8-7-9-23(24)25/h7-10,13-14,16,18-19H,11-12,15,17H2,1-6H3. The lowest BCUT2D eigenvalue weighted by Gasteiger charge is -2.33. The normalized spacial score (nSPS) is 17.7. The molecule has 0 N–H and O–H groups in total. The van der Waals surface area contributed by atoms with Crippen LogP contribution in [0.4, 0.5) is 0 Å². The number of nitrogens with zero attached hydrogens (tertiary/aromatic N) is 1. The third kappa shape index (κ3) is 3.52. The van der Waals surface area contributed by atoms with Crippen molar-refractivity contribution < 1.29 is 0 Å². The van der Waals surface area contributed by atoms with Crippen molar-refractivity contribution in [2.45, 2.75) is 71.1 Å². The number of benzene rings is 2. The van der Waals surface area contributed by atoms with Gasteiger partial charge in [-0.05, 0) is 70.8 Å². The van der Waals surface area contributed by atoms with Crippen molar-refractivity contribution in [3.63, 3.8) is 0 Å². The van der Waals surface area contributed by atoms with Gasteiger partial charge in [-0.15, -0.1) is 0 Å². The molecule has 0 aliphatic heterocycles. The fourth-order valence-corrected chi connectivity index (χ4v) is 5.18. The Kier molecular flexibility index (Phi) is 4.68. The van der Waals surface area contributed by atoms with Gasteiger partial charge in [0.2, 0.25) is 0 Å². The maximum absolute atomic E-state index is 2.47. The smallest absolute Gasteiger partial charge is 0.0480 e. The summed E-state index contributed by atoms with van der Waals surface area (Å²) in [6.07, 6.45) is 7.39. The van der Waals surface area contributed by atoms with Crippen molar-refractivity contribution in [3.8, 4) is 0 Å². The summed E-state index contributed by atoms with van der Waals surface area (Å²) in [5, 5.41) is 1.42. The van der Waals surface area contributed by atoms with E-state index < -0.39 is 0 Å². The summed E-state index contributed by atoms with van der Waals surface area (Å²) >= 11 is 0. The van der Waals surface area contributed by atoms with Crippen LogP contribution >= 0.6 is 0 Å². The van der Waals surface area contributed by atoms with Gasteiger partial charge < -0.3 is 4.57 Å². The number of aryl methyl sites for hydroxylation is 2. The zero-order valence-electron chi connectivity index (χ0n) is 18.5. The van der Waals surface area contributed by atoms with Crippen molar-refractivity contribution in [2.75, 3.05) is 0 Å². The molecular formula is C27H35N. The summed E-state index contributed by atoms with van der Waals surface area (Å²) in [4.78, 5) is 0. The fourth-order valence-electron chi connectivity index (χ4n) is 5.18. The van der Waals surface area contributed by atoms with E-state index in [0.29, 0.717) is 0 Å². The van der Waals surface area contributed by atoms with Crippen LogP contribution in [0.25, 0.3) is 10.9 Å². The SMILES string of the molecule is Cn1cc(C(C)(C)CC2CCc3cc(C(C)(C)C)ccc3C2)c2ccccc21. The highest BCUT2D eigenvalue weighted by molar-refractivity contribution is 5.84. The van der Waals surface area contributed by atoms with Crippen LogP contribution in [0.15, 0.2) is 48.7 Å². The van der Waals surface area contributed by atoms with Crippen molar-refractivity contribution in [1.82, 2.24) is 4.57 Å². The molecule has 3 aromatic rings. The third-order valence-corrected chi connectivity index (χ3v) is 6.83. The molecule has 148 valence electrons. The summed E-state index contributed by atoms with van der Waals surface area (Å²) in [7, 11) is 2.17. The summed E-state index contributed by atoms with van der Waals surface area (Å²) < 4.78 is 2.29. The van der Waals surface area contributed by atoms with Crippen molar-refractivity contribution in [1.29, 1.82) is 0 Å². The van der Waals surface area contributed by atoms with Gasteiger partial charge in [0, 0.05) is 24.1 Å². The molecule has 0 fully saturated rings. The lowest BCUT2D eigenvalue weighted by atomic mass is 9.71. The van der Waals surface area contributed by atoms with E-state index >= 15 is 0 Å². The van der Waals surface area contributed by atoms with Gasteiger partial charge in [0.05, 0.1) is 0 Å². The van der Waals surface area contributed by atoms with Crippen LogP contribution < -0.4 is 0 Å². The Morgan fingerprint density at radius 2 is 1.71 bits per heavy atom. The van der Waals surface area contributed by atoms with Crippen LogP contribution in [0.3, 0.4) is 0 Å². The minimum Gasteiger partial charge on any atom is -0.350 e. The average Bonchev–Trinajstić information content (AvgIpc) is 2.98. The van der Waals surface area contributed by atoms with Gasteiger partial charge in [-0.25, -0.2) is 0 Å². The Morgan fingerprint density at radius 3 is 2.46 bits per heavy atom. The van der Waals surface area contributed by atoms with Crippen molar-refractivity contribution in [2.24, 2.45) is 13.0 Å². The zero-order valence-corrected chi connectivity index (χ0v) is 18.5. The second-order valence-corrected chi connectivity index (χ2v) is 10.6. The predicted octanol–water partition coefficient (Wildman–Crippen LogP) is 6.95. The Bertz CT molecular complexity index is 997. The summed E-state index contributed by atoms with van der Waals surface area (Å²) in [6.45, 7) is 11.8. The predicted molar refractivity (Wildman–Crippen MR) is 121 cm³/mol. The van der Waals surface area contributed by atoms with Gasteiger partial charge in [0.25, 0.3) is 0 Å². The number of rotatable bonds is 3. The molecule has 4 rings (SSSR count). The molecule has 1 aromatic heterocycles. The van der Waals surface area contributed by atoms with E-state index in [9.17, 15) is 0 Å². The minimum atomic E-state index is 0.189. The molecule has 2 aromatic carbocycles. The summed E-state index contributed by atoms with van der Waals surface area (Å²) in [5.74, 6) is 0.766. The molecule has 0 saturated heterocycles. The molecule has 1 nitrogen and oxygen atoms in total. The number of aromatic nitrogens is 1. The maximum atomic E-state index is 2.47. The first-order chi connectivity index (χ1) is 13.1. The highest BCUT2D eigenvalue weighted by Crippen LogP contribution is 2.40. The molecule has 1 heteroatoms.